The van der Waals surface area contributed by atoms with Gasteiger partial charge in [-0.1, -0.05) is 0 Å². The van der Waals surface area contributed by atoms with Gasteiger partial charge in [-0.2, -0.15) is 0 Å². The van der Waals surface area contributed by atoms with Crippen LogP contribution in [0.5, 0.6) is 0 Å². The maximum Gasteiger partial charge on any atom is 0.228 e. The third-order valence-electron chi connectivity index (χ3n) is 3.22. The summed E-state index contributed by atoms with van der Waals surface area (Å²) in [5.74, 6) is -1.79. The zero-order valence-corrected chi connectivity index (χ0v) is 10.2. The van der Waals surface area contributed by atoms with E-state index in [9.17, 15) is 13.6 Å². The lowest BCUT2D eigenvalue weighted by molar-refractivity contribution is -0.120. The zero-order chi connectivity index (χ0) is 13.1. The van der Waals surface area contributed by atoms with Crippen molar-refractivity contribution in [3.63, 3.8) is 0 Å². The number of halogens is 2. The Morgan fingerprint density at radius 1 is 1.39 bits per heavy atom. The van der Waals surface area contributed by atoms with Gasteiger partial charge in [0, 0.05) is 18.7 Å². The SMILES string of the molecule is CC1CCC(C(=O)Nc2ccc(F)cc2F)CN1. The standard InChI is InChI=1S/C13H16F2N2O/c1-8-2-3-9(7-16-8)13(18)17-12-5-4-10(14)6-11(12)15/h4-6,8-9,16H,2-3,7H2,1H3,(H,17,18). The Hall–Kier alpha value is -1.49. The summed E-state index contributed by atoms with van der Waals surface area (Å²) < 4.78 is 26.1. The molecule has 1 aliphatic rings. The number of hydrogen-bond acceptors (Lipinski definition) is 2. The van der Waals surface area contributed by atoms with E-state index in [2.05, 4.69) is 17.6 Å². The first-order chi connectivity index (χ1) is 8.56. The Morgan fingerprint density at radius 2 is 2.17 bits per heavy atom. The Morgan fingerprint density at radius 3 is 2.78 bits per heavy atom. The van der Waals surface area contributed by atoms with Crippen LogP contribution in [0.25, 0.3) is 0 Å². The fraction of sp³-hybridized carbons (Fsp3) is 0.462. The molecule has 1 aromatic rings. The fourth-order valence-electron chi connectivity index (χ4n) is 2.05. The van der Waals surface area contributed by atoms with Crippen molar-refractivity contribution < 1.29 is 13.6 Å². The van der Waals surface area contributed by atoms with Crippen molar-refractivity contribution in [1.29, 1.82) is 0 Å². The maximum atomic E-state index is 13.4. The van der Waals surface area contributed by atoms with Gasteiger partial charge in [-0.25, -0.2) is 8.78 Å². The predicted octanol–water partition coefficient (Wildman–Crippen LogP) is 2.29. The Kier molecular flexibility index (Phi) is 3.91. The molecule has 2 atom stereocenters. The molecule has 0 spiro atoms. The summed E-state index contributed by atoms with van der Waals surface area (Å²) in [6.07, 6.45) is 1.70. The highest BCUT2D eigenvalue weighted by atomic mass is 19.1. The quantitative estimate of drug-likeness (QED) is 0.850. The highest BCUT2D eigenvalue weighted by Crippen LogP contribution is 2.19. The Labute approximate surface area is 105 Å². The van der Waals surface area contributed by atoms with E-state index in [0.29, 0.717) is 12.6 Å². The van der Waals surface area contributed by atoms with Crippen LogP contribution in [-0.4, -0.2) is 18.5 Å². The van der Waals surface area contributed by atoms with Crippen molar-refractivity contribution in [1.82, 2.24) is 5.32 Å². The molecule has 0 radical (unpaired) electrons. The molecule has 5 heteroatoms. The summed E-state index contributed by atoms with van der Waals surface area (Å²) in [6.45, 7) is 2.66. The highest BCUT2D eigenvalue weighted by Gasteiger charge is 2.24. The molecule has 1 saturated heterocycles. The van der Waals surface area contributed by atoms with E-state index in [1.54, 1.807) is 0 Å². The minimum atomic E-state index is -0.750. The smallest absolute Gasteiger partial charge is 0.228 e. The molecule has 98 valence electrons. The van der Waals surface area contributed by atoms with Gasteiger partial charge >= 0.3 is 0 Å². The predicted molar refractivity (Wildman–Crippen MR) is 65.2 cm³/mol. The maximum absolute atomic E-state index is 13.4. The van der Waals surface area contributed by atoms with Crippen molar-refractivity contribution in [2.45, 2.75) is 25.8 Å². The van der Waals surface area contributed by atoms with Crippen molar-refractivity contribution >= 4 is 11.6 Å². The van der Waals surface area contributed by atoms with Crippen LogP contribution >= 0.6 is 0 Å². The number of rotatable bonds is 2. The molecule has 2 rings (SSSR count). The van der Waals surface area contributed by atoms with Crippen LogP contribution in [0.2, 0.25) is 0 Å². The van der Waals surface area contributed by atoms with Gasteiger partial charge in [0.2, 0.25) is 5.91 Å². The molecular weight excluding hydrogens is 238 g/mol. The molecule has 0 aromatic heterocycles. The number of benzene rings is 1. The average molecular weight is 254 g/mol. The summed E-state index contributed by atoms with van der Waals surface area (Å²) in [5.41, 5.74) is 0.0278. The second-order valence-electron chi connectivity index (χ2n) is 4.70. The van der Waals surface area contributed by atoms with E-state index < -0.39 is 11.6 Å². The first-order valence-electron chi connectivity index (χ1n) is 6.05. The summed E-state index contributed by atoms with van der Waals surface area (Å²) >= 11 is 0. The van der Waals surface area contributed by atoms with Gasteiger partial charge in [-0.3, -0.25) is 4.79 Å². The van der Waals surface area contributed by atoms with Crippen molar-refractivity contribution in [2.24, 2.45) is 5.92 Å². The second-order valence-corrected chi connectivity index (χ2v) is 4.70. The zero-order valence-electron chi connectivity index (χ0n) is 10.2. The molecule has 2 unspecified atom stereocenters. The highest BCUT2D eigenvalue weighted by molar-refractivity contribution is 5.92. The average Bonchev–Trinajstić information content (AvgIpc) is 2.33. The summed E-state index contributed by atoms with van der Waals surface area (Å²) in [6, 6.07) is 3.54. The molecule has 18 heavy (non-hydrogen) atoms. The van der Waals surface area contributed by atoms with Gasteiger partial charge in [0.05, 0.1) is 11.6 Å². The summed E-state index contributed by atoms with van der Waals surface area (Å²) in [4.78, 5) is 11.9. The van der Waals surface area contributed by atoms with E-state index in [1.807, 2.05) is 0 Å². The lowest BCUT2D eigenvalue weighted by Gasteiger charge is -2.26. The van der Waals surface area contributed by atoms with Crippen molar-refractivity contribution in [3.8, 4) is 0 Å². The molecular formula is C13H16F2N2O. The van der Waals surface area contributed by atoms with Crippen LogP contribution < -0.4 is 10.6 Å². The minimum Gasteiger partial charge on any atom is -0.323 e. The van der Waals surface area contributed by atoms with Gasteiger partial charge in [-0.05, 0) is 31.9 Å². The number of nitrogens with one attached hydrogen (secondary N) is 2. The third kappa shape index (κ3) is 3.04. The van der Waals surface area contributed by atoms with Crippen LogP contribution in [0.4, 0.5) is 14.5 Å². The number of carbonyl (C=O) groups is 1. The fourth-order valence-corrected chi connectivity index (χ4v) is 2.05. The molecule has 1 aromatic carbocycles. The van der Waals surface area contributed by atoms with E-state index in [-0.39, 0.29) is 17.5 Å². The number of piperidine rings is 1. The van der Waals surface area contributed by atoms with Crippen LogP contribution in [-0.2, 0) is 4.79 Å². The first kappa shape index (κ1) is 13.0. The molecule has 2 N–H and O–H groups in total. The van der Waals surface area contributed by atoms with E-state index in [1.165, 1.54) is 6.07 Å². The van der Waals surface area contributed by atoms with Gasteiger partial charge in [0.1, 0.15) is 11.6 Å². The lowest BCUT2D eigenvalue weighted by Crippen LogP contribution is -2.41. The second kappa shape index (κ2) is 5.44. The van der Waals surface area contributed by atoms with Crippen LogP contribution in [0.15, 0.2) is 18.2 Å². The van der Waals surface area contributed by atoms with Crippen LogP contribution in [0.1, 0.15) is 19.8 Å². The van der Waals surface area contributed by atoms with Crippen LogP contribution in [0.3, 0.4) is 0 Å². The molecule has 0 aliphatic carbocycles. The lowest BCUT2D eigenvalue weighted by atomic mass is 9.95. The first-order valence-corrected chi connectivity index (χ1v) is 6.05. The number of hydrogen-bond donors (Lipinski definition) is 2. The number of anilines is 1. The topological polar surface area (TPSA) is 41.1 Å². The van der Waals surface area contributed by atoms with Gasteiger partial charge in [-0.15, -0.1) is 0 Å². The van der Waals surface area contributed by atoms with E-state index >= 15 is 0 Å². The summed E-state index contributed by atoms with van der Waals surface area (Å²) in [5, 5.41) is 5.71. The van der Waals surface area contributed by atoms with Crippen molar-refractivity contribution in [2.75, 3.05) is 11.9 Å². The Balaban J connectivity index is 1.98. The van der Waals surface area contributed by atoms with Gasteiger partial charge in [0.15, 0.2) is 0 Å². The normalized spacial score (nSPS) is 23.7. The third-order valence-corrected chi connectivity index (χ3v) is 3.22. The Bertz CT molecular complexity index is 443. The molecule has 1 fully saturated rings. The number of amides is 1. The summed E-state index contributed by atoms with van der Waals surface area (Å²) in [7, 11) is 0. The molecule has 1 aliphatic heterocycles. The minimum absolute atomic E-state index is 0.0278. The molecule has 0 saturated carbocycles. The molecule has 0 bridgehead atoms. The van der Waals surface area contributed by atoms with Crippen molar-refractivity contribution in [3.05, 3.63) is 29.8 Å². The van der Waals surface area contributed by atoms with Gasteiger partial charge < -0.3 is 10.6 Å². The van der Waals surface area contributed by atoms with E-state index in [4.69, 9.17) is 0 Å². The van der Waals surface area contributed by atoms with Gasteiger partial charge in [0.25, 0.3) is 0 Å². The van der Waals surface area contributed by atoms with E-state index in [0.717, 1.165) is 25.0 Å². The van der Waals surface area contributed by atoms with Crippen LogP contribution in [0, 0.1) is 17.6 Å². The monoisotopic (exact) mass is 254 g/mol. The molecule has 1 heterocycles. The molecule has 3 nitrogen and oxygen atoms in total. The number of carbonyl (C=O) groups excluding carboxylic acids is 1. The largest absolute Gasteiger partial charge is 0.323 e. The molecule has 1 amide bonds.